The SMILES string of the molecule is CC(C#N)N1CCN(c2cnccn2)CC1. The Bertz CT molecular complexity index is 364. The lowest BCUT2D eigenvalue weighted by atomic mass is 10.2. The molecule has 1 aromatic rings. The van der Waals surface area contributed by atoms with E-state index in [9.17, 15) is 0 Å². The molecular weight excluding hydrogens is 202 g/mol. The van der Waals surface area contributed by atoms with Gasteiger partial charge in [0.25, 0.3) is 0 Å². The first kappa shape index (κ1) is 10.8. The van der Waals surface area contributed by atoms with Crippen LogP contribution >= 0.6 is 0 Å². The van der Waals surface area contributed by atoms with Crippen LogP contribution in [0.3, 0.4) is 0 Å². The van der Waals surface area contributed by atoms with E-state index in [2.05, 4.69) is 25.8 Å². The van der Waals surface area contributed by atoms with Gasteiger partial charge in [-0.05, 0) is 6.92 Å². The summed E-state index contributed by atoms with van der Waals surface area (Å²) in [5.41, 5.74) is 0. The number of aromatic nitrogens is 2. The van der Waals surface area contributed by atoms with Crippen molar-refractivity contribution >= 4 is 5.82 Å². The van der Waals surface area contributed by atoms with Crippen LogP contribution in [-0.2, 0) is 0 Å². The van der Waals surface area contributed by atoms with Crippen molar-refractivity contribution < 1.29 is 0 Å². The third-order valence-corrected chi connectivity index (χ3v) is 2.92. The van der Waals surface area contributed by atoms with E-state index >= 15 is 0 Å². The summed E-state index contributed by atoms with van der Waals surface area (Å²) in [6, 6.07) is 2.27. The lowest BCUT2D eigenvalue weighted by molar-refractivity contribution is 0.231. The van der Waals surface area contributed by atoms with Gasteiger partial charge in [0.2, 0.25) is 0 Å². The van der Waals surface area contributed by atoms with Crippen LogP contribution in [0.4, 0.5) is 5.82 Å². The molecule has 0 aliphatic carbocycles. The molecule has 1 fully saturated rings. The van der Waals surface area contributed by atoms with E-state index in [0.29, 0.717) is 0 Å². The lowest BCUT2D eigenvalue weighted by Crippen LogP contribution is -2.49. The third-order valence-electron chi connectivity index (χ3n) is 2.92. The number of rotatable bonds is 2. The van der Waals surface area contributed by atoms with Gasteiger partial charge in [0.15, 0.2) is 0 Å². The molecule has 0 bridgehead atoms. The fourth-order valence-corrected chi connectivity index (χ4v) is 1.87. The molecule has 1 saturated heterocycles. The summed E-state index contributed by atoms with van der Waals surface area (Å²) in [5.74, 6) is 0.923. The first-order valence-electron chi connectivity index (χ1n) is 5.46. The predicted molar refractivity (Wildman–Crippen MR) is 60.9 cm³/mol. The first-order chi connectivity index (χ1) is 7.81. The number of hydrogen-bond donors (Lipinski definition) is 0. The monoisotopic (exact) mass is 217 g/mol. The molecule has 1 aromatic heterocycles. The van der Waals surface area contributed by atoms with E-state index in [1.807, 2.05) is 6.92 Å². The maximum atomic E-state index is 8.84. The molecule has 1 aliphatic heterocycles. The smallest absolute Gasteiger partial charge is 0.147 e. The van der Waals surface area contributed by atoms with Crippen molar-refractivity contribution in [3.63, 3.8) is 0 Å². The molecule has 0 N–H and O–H groups in total. The fraction of sp³-hybridized carbons (Fsp3) is 0.545. The van der Waals surface area contributed by atoms with Crippen molar-refractivity contribution in [1.82, 2.24) is 14.9 Å². The second-order valence-corrected chi connectivity index (χ2v) is 3.89. The van der Waals surface area contributed by atoms with Crippen LogP contribution in [0.5, 0.6) is 0 Å². The van der Waals surface area contributed by atoms with Crippen molar-refractivity contribution in [2.75, 3.05) is 31.1 Å². The van der Waals surface area contributed by atoms with Crippen LogP contribution < -0.4 is 4.90 Å². The highest BCUT2D eigenvalue weighted by molar-refractivity contribution is 5.35. The molecule has 16 heavy (non-hydrogen) atoms. The molecule has 0 amide bonds. The Hall–Kier alpha value is -1.67. The van der Waals surface area contributed by atoms with Crippen molar-refractivity contribution in [1.29, 1.82) is 5.26 Å². The highest BCUT2D eigenvalue weighted by Crippen LogP contribution is 2.12. The maximum absolute atomic E-state index is 8.84. The predicted octanol–water partition coefficient (Wildman–Crippen LogP) is 0.511. The minimum absolute atomic E-state index is 0.00371. The second-order valence-electron chi connectivity index (χ2n) is 3.89. The summed E-state index contributed by atoms with van der Waals surface area (Å²) < 4.78 is 0. The molecule has 5 heteroatoms. The lowest BCUT2D eigenvalue weighted by Gasteiger charge is -2.36. The molecule has 2 heterocycles. The topological polar surface area (TPSA) is 56.1 Å². The number of nitriles is 1. The molecule has 0 spiro atoms. The van der Waals surface area contributed by atoms with Gasteiger partial charge in [0, 0.05) is 38.6 Å². The third kappa shape index (κ3) is 2.28. The Kier molecular flexibility index (Phi) is 3.32. The first-order valence-corrected chi connectivity index (χ1v) is 5.46. The van der Waals surface area contributed by atoms with Gasteiger partial charge in [-0.25, -0.2) is 4.98 Å². The van der Waals surface area contributed by atoms with Gasteiger partial charge in [-0.15, -0.1) is 0 Å². The number of nitrogens with zero attached hydrogens (tertiary/aromatic N) is 5. The van der Waals surface area contributed by atoms with E-state index in [-0.39, 0.29) is 6.04 Å². The van der Waals surface area contributed by atoms with Gasteiger partial charge in [-0.3, -0.25) is 9.88 Å². The van der Waals surface area contributed by atoms with E-state index in [4.69, 9.17) is 5.26 Å². The maximum Gasteiger partial charge on any atom is 0.147 e. The summed E-state index contributed by atoms with van der Waals surface area (Å²) in [6.45, 7) is 5.57. The second kappa shape index (κ2) is 4.90. The summed E-state index contributed by atoms with van der Waals surface area (Å²) in [7, 11) is 0. The van der Waals surface area contributed by atoms with E-state index in [1.54, 1.807) is 18.6 Å². The molecule has 0 radical (unpaired) electrons. The highest BCUT2D eigenvalue weighted by atomic mass is 15.3. The van der Waals surface area contributed by atoms with Crippen LogP contribution in [-0.4, -0.2) is 47.1 Å². The van der Waals surface area contributed by atoms with Crippen LogP contribution in [0.1, 0.15) is 6.92 Å². The fourth-order valence-electron chi connectivity index (χ4n) is 1.87. The molecule has 1 unspecified atom stereocenters. The zero-order valence-corrected chi connectivity index (χ0v) is 9.37. The average molecular weight is 217 g/mol. The zero-order chi connectivity index (χ0) is 11.4. The van der Waals surface area contributed by atoms with E-state index < -0.39 is 0 Å². The van der Waals surface area contributed by atoms with Crippen molar-refractivity contribution in [3.05, 3.63) is 18.6 Å². The molecular formula is C11H15N5. The van der Waals surface area contributed by atoms with Crippen molar-refractivity contribution in [3.8, 4) is 6.07 Å². The summed E-state index contributed by atoms with van der Waals surface area (Å²) in [5, 5.41) is 8.84. The molecule has 5 nitrogen and oxygen atoms in total. The summed E-state index contributed by atoms with van der Waals surface area (Å²) >= 11 is 0. The van der Waals surface area contributed by atoms with E-state index in [0.717, 1.165) is 32.0 Å². The standard InChI is InChI=1S/C11H15N5/c1-10(8-12)15-4-6-16(7-5-15)11-9-13-2-3-14-11/h2-3,9-10H,4-7H2,1H3. The molecule has 1 atom stereocenters. The van der Waals surface area contributed by atoms with Gasteiger partial charge in [0.1, 0.15) is 5.82 Å². The Balaban J connectivity index is 1.94. The minimum atomic E-state index is 0.00371. The van der Waals surface area contributed by atoms with Gasteiger partial charge < -0.3 is 4.90 Å². The van der Waals surface area contributed by atoms with Crippen molar-refractivity contribution in [2.24, 2.45) is 0 Å². The number of piperazine rings is 1. The number of hydrogen-bond acceptors (Lipinski definition) is 5. The van der Waals surface area contributed by atoms with Gasteiger partial charge in [-0.1, -0.05) is 0 Å². The van der Waals surface area contributed by atoms with Crippen LogP contribution in [0.25, 0.3) is 0 Å². The summed E-state index contributed by atoms with van der Waals surface area (Å²) in [4.78, 5) is 12.7. The molecule has 0 aromatic carbocycles. The zero-order valence-electron chi connectivity index (χ0n) is 9.37. The molecule has 1 aliphatic rings. The molecule has 2 rings (SSSR count). The number of anilines is 1. The van der Waals surface area contributed by atoms with Gasteiger partial charge >= 0.3 is 0 Å². The van der Waals surface area contributed by atoms with Crippen LogP contribution in [0, 0.1) is 11.3 Å². The average Bonchev–Trinajstić information content (AvgIpc) is 2.39. The Morgan fingerprint density at radius 3 is 2.62 bits per heavy atom. The molecule has 0 saturated carbocycles. The Morgan fingerprint density at radius 2 is 2.06 bits per heavy atom. The summed E-state index contributed by atoms with van der Waals surface area (Å²) in [6.07, 6.45) is 5.17. The van der Waals surface area contributed by atoms with Gasteiger partial charge in [-0.2, -0.15) is 5.26 Å². The highest BCUT2D eigenvalue weighted by Gasteiger charge is 2.21. The van der Waals surface area contributed by atoms with E-state index in [1.165, 1.54) is 0 Å². The Labute approximate surface area is 95.3 Å². The quantitative estimate of drug-likeness (QED) is 0.722. The minimum Gasteiger partial charge on any atom is -0.353 e. The molecule has 84 valence electrons. The largest absolute Gasteiger partial charge is 0.353 e. The Morgan fingerprint density at radius 1 is 1.31 bits per heavy atom. The normalized spacial score (nSPS) is 19.1. The van der Waals surface area contributed by atoms with Crippen LogP contribution in [0.15, 0.2) is 18.6 Å². The van der Waals surface area contributed by atoms with Gasteiger partial charge in [0.05, 0.1) is 18.3 Å². The van der Waals surface area contributed by atoms with Crippen molar-refractivity contribution in [2.45, 2.75) is 13.0 Å². The van der Waals surface area contributed by atoms with Crippen LogP contribution in [0.2, 0.25) is 0 Å².